The summed E-state index contributed by atoms with van der Waals surface area (Å²) in [5, 5.41) is 3.43. The lowest BCUT2D eigenvalue weighted by molar-refractivity contribution is -0.116. The van der Waals surface area contributed by atoms with Gasteiger partial charge in [0.15, 0.2) is 15.0 Å². The second-order valence-electron chi connectivity index (χ2n) is 6.88. The van der Waals surface area contributed by atoms with Gasteiger partial charge in [-0.15, -0.1) is 11.3 Å². The average molecular weight is 409 g/mol. The molecule has 0 bridgehead atoms. The molecule has 1 aliphatic rings. The number of aryl methyl sites for hydroxylation is 1. The molecule has 0 spiro atoms. The van der Waals surface area contributed by atoms with E-state index >= 15 is 0 Å². The van der Waals surface area contributed by atoms with Crippen LogP contribution in [-0.2, 0) is 27.5 Å². The molecule has 1 aromatic carbocycles. The van der Waals surface area contributed by atoms with Crippen molar-refractivity contribution in [2.24, 2.45) is 5.92 Å². The molecular weight excluding hydrogens is 384 g/mol. The van der Waals surface area contributed by atoms with E-state index in [-0.39, 0.29) is 29.4 Å². The number of sulfone groups is 1. The summed E-state index contributed by atoms with van der Waals surface area (Å²) >= 11 is 1.53. The Morgan fingerprint density at radius 1 is 1.33 bits per heavy atom. The highest BCUT2D eigenvalue weighted by atomic mass is 32.2. The van der Waals surface area contributed by atoms with Crippen LogP contribution in [0.5, 0.6) is 5.75 Å². The molecule has 1 atom stereocenters. The summed E-state index contributed by atoms with van der Waals surface area (Å²) in [5.74, 6) is 0.996. The second-order valence-corrected chi connectivity index (χ2v) is 10.1. The van der Waals surface area contributed by atoms with Crippen LogP contribution in [0.25, 0.3) is 0 Å². The van der Waals surface area contributed by atoms with Gasteiger partial charge in [-0.1, -0.05) is 6.92 Å². The molecule has 3 rings (SSSR count). The number of anilines is 1. The third-order valence-electron chi connectivity index (χ3n) is 4.67. The van der Waals surface area contributed by atoms with E-state index in [9.17, 15) is 13.2 Å². The Balaban J connectivity index is 1.50. The summed E-state index contributed by atoms with van der Waals surface area (Å²) in [6, 6.07) is 6.28. The lowest BCUT2D eigenvalue weighted by Gasteiger charge is -2.15. The number of carbonyl (C=O) groups is 1. The van der Waals surface area contributed by atoms with Crippen LogP contribution >= 0.6 is 11.3 Å². The van der Waals surface area contributed by atoms with Crippen LogP contribution in [-0.4, -0.2) is 32.2 Å². The van der Waals surface area contributed by atoms with Gasteiger partial charge in [-0.3, -0.25) is 4.79 Å². The first-order valence-electron chi connectivity index (χ1n) is 9.02. The first-order valence-corrected chi connectivity index (χ1v) is 11.5. The molecule has 1 N–H and O–H groups in total. The predicted octanol–water partition coefficient (Wildman–Crippen LogP) is 3.47. The van der Waals surface area contributed by atoms with Gasteiger partial charge in [0.2, 0.25) is 5.91 Å². The number of aromatic nitrogens is 1. The zero-order valence-electron chi connectivity index (χ0n) is 15.5. The summed E-state index contributed by atoms with van der Waals surface area (Å²) in [5.41, 5.74) is 1.09. The number of benzene rings is 1. The minimum absolute atomic E-state index is 0.0708. The smallest absolute Gasteiger partial charge is 0.226 e. The van der Waals surface area contributed by atoms with Crippen molar-refractivity contribution < 1.29 is 17.9 Å². The van der Waals surface area contributed by atoms with Gasteiger partial charge in [-0.05, 0) is 55.9 Å². The van der Waals surface area contributed by atoms with Gasteiger partial charge in [0.1, 0.15) is 5.75 Å². The Labute approximate surface area is 163 Å². The highest BCUT2D eigenvalue weighted by molar-refractivity contribution is 7.91. The molecule has 1 amide bonds. The highest BCUT2D eigenvalue weighted by Gasteiger charge is 2.21. The maximum Gasteiger partial charge on any atom is 0.226 e. The van der Waals surface area contributed by atoms with Crippen LogP contribution < -0.4 is 10.1 Å². The van der Waals surface area contributed by atoms with E-state index in [1.807, 2.05) is 0 Å². The van der Waals surface area contributed by atoms with Gasteiger partial charge >= 0.3 is 0 Å². The number of hydrogen-bond acceptors (Lipinski definition) is 6. The molecular formula is C19H24N2O4S2. The number of methoxy groups -OCH3 is 1. The van der Waals surface area contributed by atoms with E-state index in [4.69, 9.17) is 4.74 Å². The number of fused-ring (bicyclic) bond motifs is 1. The fraction of sp³-hybridized carbons (Fsp3) is 0.474. The molecule has 1 heterocycles. The van der Waals surface area contributed by atoms with E-state index in [1.165, 1.54) is 35.5 Å². The molecule has 146 valence electrons. The number of carbonyl (C=O) groups excluding carboxylic acids is 1. The number of amides is 1. The molecule has 27 heavy (non-hydrogen) atoms. The summed E-state index contributed by atoms with van der Waals surface area (Å²) in [6.45, 7) is 2.23. The standard InChI is InChI=1S/C19H24N2O4S2/c1-13-5-10-16-17(12-13)26-19(20-16)21-18(22)4-3-11-27(23,24)15-8-6-14(25-2)7-9-15/h6-9,13H,3-5,10-12H2,1-2H3,(H,20,21,22)/t13-/m0/s1. The molecule has 0 fully saturated rings. The van der Waals surface area contributed by atoms with E-state index < -0.39 is 9.84 Å². The van der Waals surface area contributed by atoms with Crippen molar-refractivity contribution in [3.8, 4) is 5.75 Å². The van der Waals surface area contributed by atoms with E-state index in [0.29, 0.717) is 16.8 Å². The topological polar surface area (TPSA) is 85.4 Å². The zero-order chi connectivity index (χ0) is 19.4. The van der Waals surface area contributed by atoms with Gasteiger partial charge in [-0.25, -0.2) is 13.4 Å². The number of nitrogens with zero attached hydrogens (tertiary/aromatic N) is 1. The van der Waals surface area contributed by atoms with Crippen LogP contribution in [0.4, 0.5) is 5.13 Å². The fourth-order valence-corrected chi connectivity index (χ4v) is 5.60. The lowest BCUT2D eigenvalue weighted by atomic mass is 9.93. The molecule has 1 aromatic heterocycles. The van der Waals surface area contributed by atoms with Crippen molar-refractivity contribution in [1.82, 2.24) is 4.98 Å². The summed E-state index contributed by atoms with van der Waals surface area (Å²) in [7, 11) is -1.88. The van der Waals surface area contributed by atoms with Gasteiger partial charge in [0.05, 0.1) is 23.5 Å². The van der Waals surface area contributed by atoms with Crippen molar-refractivity contribution in [3.63, 3.8) is 0 Å². The third-order valence-corrected chi connectivity index (χ3v) is 7.52. The number of rotatable bonds is 7. The van der Waals surface area contributed by atoms with E-state index in [2.05, 4.69) is 17.2 Å². The van der Waals surface area contributed by atoms with Gasteiger partial charge < -0.3 is 10.1 Å². The zero-order valence-corrected chi connectivity index (χ0v) is 17.2. The normalized spacial score (nSPS) is 16.6. The molecule has 0 unspecified atom stereocenters. The van der Waals surface area contributed by atoms with Crippen molar-refractivity contribution in [2.45, 2.75) is 43.9 Å². The Hall–Kier alpha value is -1.93. The number of thiazole rings is 1. The van der Waals surface area contributed by atoms with Crippen molar-refractivity contribution in [3.05, 3.63) is 34.8 Å². The Bertz CT molecular complexity index is 904. The van der Waals surface area contributed by atoms with Gasteiger partial charge in [-0.2, -0.15) is 0 Å². The highest BCUT2D eigenvalue weighted by Crippen LogP contribution is 2.32. The Morgan fingerprint density at radius 3 is 2.78 bits per heavy atom. The van der Waals surface area contributed by atoms with Gasteiger partial charge in [0.25, 0.3) is 0 Å². The SMILES string of the molecule is COc1ccc(S(=O)(=O)CCCC(=O)Nc2nc3c(s2)C[C@@H](C)CC3)cc1. The maximum absolute atomic E-state index is 12.4. The molecule has 6 nitrogen and oxygen atoms in total. The van der Waals surface area contributed by atoms with Crippen LogP contribution in [0.1, 0.15) is 36.8 Å². The fourth-order valence-electron chi connectivity index (χ4n) is 3.10. The van der Waals surface area contributed by atoms with Crippen molar-refractivity contribution in [2.75, 3.05) is 18.2 Å². The van der Waals surface area contributed by atoms with E-state index in [0.717, 1.165) is 25.0 Å². The van der Waals surface area contributed by atoms with E-state index in [1.54, 1.807) is 12.1 Å². The first kappa shape index (κ1) is 19.8. The monoisotopic (exact) mass is 408 g/mol. The molecule has 2 aromatic rings. The first-order chi connectivity index (χ1) is 12.9. The van der Waals surface area contributed by atoms with Crippen molar-refractivity contribution >= 4 is 32.2 Å². The lowest BCUT2D eigenvalue weighted by Crippen LogP contribution is -2.14. The Kier molecular flexibility index (Phi) is 6.16. The second kappa shape index (κ2) is 8.39. The van der Waals surface area contributed by atoms with Crippen LogP contribution in [0.15, 0.2) is 29.2 Å². The largest absolute Gasteiger partial charge is 0.497 e. The van der Waals surface area contributed by atoms with Gasteiger partial charge in [0, 0.05) is 11.3 Å². The average Bonchev–Trinajstić information content (AvgIpc) is 3.02. The van der Waals surface area contributed by atoms with Crippen LogP contribution in [0, 0.1) is 5.92 Å². The third kappa shape index (κ3) is 5.07. The number of hydrogen-bond donors (Lipinski definition) is 1. The molecule has 0 saturated carbocycles. The number of ether oxygens (including phenoxy) is 1. The summed E-state index contributed by atoms with van der Waals surface area (Å²) < 4.78 is 29.7. The molecule has 0 radical (unpaired) electrons. The quantitative estimate of drug-likeness (QED) is 0.758. The van der Waals surface area contributed by atoms with Crippen LogP contribution in [0.3, 0.4) is 0 Å². The summed E-state index contributed by atoms with van der Waals surface area (Å²) in [6.07, 6.45) is 3.53. The van der Waals surface area contributed by atoms with Crippen molar-refractivity contribution in [1.29, 1.82) is 0 Å². The molecule has 0 aliphatic heterocycles. The molecule has 8 heteroatoms. The van der Waals surface area contributed by atoms with Crippen LogP contribution in [0.2, 0.25) is 0 Å². The predicted molar refractivity (Wildman–Crippen MR) is 106 cm³/mol. The Morgan fingerprint density at radius 2 is 2.07 bits per heavy atom. The maximum atomic E-state index is 12.4. The minimum Gasteiger partial charge on any atom is -0.497 e. The number of nitrogens with one attached hydrogen (secondary N) is 1. The molecule has 0 saturated heterocycles. The minimum atomic E-state index is -3.41. The summed E-state index contributed by atoms with van der Waals surface area (Å²) in [4.78, 5) is 18.1. The molecule has 1 aliphatic carbocycles.